The predicted octanol–water partition coefficient (Wildman–Crippen LogP) is 1.68. The maximum Gasteiger partial charge on any atom is 0.163 e. The molecule has 0 spiro atoms. The fraction of sp³-hybridized carbons (Fsp3) is 0.200. The molecule has 13 heavy (non-hydrogen) atoms. The van der Waals surface area contributed by atoms with Crippen molar-refractivity contribution in [3.05, 3.63) is 24.3 Å². The minimum absolute atomic E-state index is 0.583. The summed E-state index contributed by atoms with van der Waals surface area (Å²) in [6, 6.07) is 3.61. The maximum absolute atomic E-state index is 5.75. The molecule has 2 N–H and O–H groups in total. The molecule has 0 saturated carbocycles. The first-order chi connectivity index (χ1) is 6.31. The predicted molar refractivity (Wildman–Crippen MR) is 51.9 cm³/mol. The fourth-order valence-electron chi connectivity index (χ4n) is 1.30. The van der Waals surface area contributed by atoms with E-state index < -0.39 is 0 Å². The molecule has 0 amide bonds. The number of hydrogen-bond donors (Lipinski definition) is 1. The second kappa shape index (κ2) is 3.01. The molecule has 0 aliphatic carbocycles. The highest BCUT2D eigenvalue weighted by Crippen LogP contribution is 2.34. The summed E-state index contributed by atoms with van der Waals surface area (Å²) >= 11 is 0. The number of benzene rings is 1. The van der Waals surface area contributed by atoms with E-state index >= 15 is 0 Å². The number of hydrogen-bond acceptors (Lipinski definition) is 3. The summed E-state index contributed by atoms with van der Waals surface area (Å²) in [4.78, 5) is 0. The molecule has 1 aromatic carbocycles. The van der Waals surface area contributed by atoms with Crippen molar-refractivity contribution in [1.29, 1.82) is 0 Å². The third-order valence-electron chi connectivity index (χ3n) is 1.97. The minimum atomic E-state index is 0.583. The van der Waals surface area contributed by atoms with E-state index in [0.717, 1.165) is 11.3 Å². The van der Waals surface area contributed by atoms with E-state index in [9.17, 15) is 0 Å². The third-order valence-corrected chi connectivity index (χ3v) is 1.97. The van der Waals surface area contributed by atoms with Crippen LogP contribution < -0.4 is 15.2 Å². The van der Waals surface area contributed by atoms with Gasteiger partial charge in [-0.25, -0.2) is 0 Å². The van der Waals surface area contributed by atoms with Crippen molar-refractivity contribution in [3.63, 3.8) is 0 Å². The van der Waals surface area contributed by atoms with Crippen LogP contribution in [0, 0.1) is 0 Å². The second-order valence-electron chi connectivity index (χ2n) is 2.83. The van der Waals surface area contributed by atoms with E-state index in [-0.39, 0.29) is 0 Å². The molecule has 3 heteroatoms. The number of anilines is 1. The highest BCUT2D eigenvalue weighted by Gasteiger charge is 2.12. The zero-order valence-electron chi connectivity index (χ0n) is 7.25. The molecule has 1 heterocycles. The first kappa shape index (κ1) is 7.98. The summed E-state index contributed by atoms with van der Waals surface area (Å²) in [7, 11) is 0. The third kappa shape index (κ3) is 1.33. The van der Waals surface area contributed by atoms with E-state index in [4.69, 9.17) is 15.2 Å². The molecule has 1 aliphatic rings. The standard InChI is InChI=1S/C10H11NO2/c1-2-7-5-9-10(6-8(7)11)13-4-3-12-9/h2,5-6H,1,3-4,11H2. The Balaban J connectivity index is 2.50. The van der Waals surface area contributed by atoms with Crippen LogP contribution in [0.5, 0.6) is 11.5 Å². The van der Waals surface area contributed by atoms with Crippen LogP contribution in [0.25, 0.3) is 6.08 Å². The summed E-state index contributed by atoms with van der Waals surface area (Å²) in [6.07, 6.45) is 1.70. The molecule has 0 bridgehead atoms. The van der Waals surface area contributed by atoms with Crippen LogP contribution in [0.2, 0.25) is 0 Å². The Morgan fingerprint density at radius 2 is 1.85 bits per heavy atom. The Morgan fingerprint density at radius 1 is 1.23 bits per heavy atom. The maximum atomic E-state index is 5.75. The van der Waals surface area contributed by atoms with Gasteiger partial charge in [0.1, 0.15) is 13.2 Å². The van der Waals surface area contributed by atoms with Crippen LogP contribution in [0.15, 0.2) is 18.7 Å². The van der Waals surface area contributed by atoms with Gasteiger partial charge in [0.2, 0.25) is 0 Å². The highest BCUT2D eigenvalue weighted by molar-refractivity contribution is 5.68. The van der Waals surface area contributed by atoms with Gasteiger partial charge in [-0.2, -0.15) is 0 Å². The normalized spacial score (nSPS) is 13.8. The molecule has 0 saturated heterocycles. The van der Waals surface area contributed by atoms with Crippen LogP contribution in [0.3, 0.4) is 0 Å². The van der Waals surface area contributed by atoms with Crippen molar-refractivity contribution < 1.29 is 9.47 Å². The molecule has 0 aromatic heterocycles. The summed E-state index contributed by atoms with van der Waals surface area (Å²) in [5.41, 5.74) is 7.29. The van der Waals surface area contributed by atoms with Gasteiger partial charge in [-0.05, 0) is 6.07 Å². The van der Waals surface area contributed by atoms with E-state index in [1.165, 1.54) is 0 Å². The summed E-state index contributed by atoms with van der Waals surface area (Å²) < 4.78 is 10.8. The van der Waals surface area contributed by atoms with Gasteiger partial charge in [0, 0.05) is 17.3 Å². The lowest BCUT2D eigenvalue weighted by Crippen LogP contribution is -2.15. The lowest BCUT2D eigenvalue weighted by Gasteiger charge is -2.19. The molecule has 1 aliphatic heterocycles. The number of nitrogen functional groups attached to an aromatic ring is 1. The fourth-order valence-corrected chi connectivity index (χ4v) is 1.30. The molecule has 0 atom stereocenters. The van der Waals surface area contributed by atoms with Gasteiger partial charge in [-0.15, -0.1) is 0 Å². The first-order valence-electron chi connectivity index (χ1n) is 4.13. The van der Waals surface area contributed by atoms with Gasteiger partial charge in [-0.1, -0.05) is 12.7 Å². The van der Waals surface area contributed by atoms with Crippen molar-refractivity contribution in [2.75, 3.05) is 18.9 Å². The first-order valence-corrected chi connectivity index (χ1v) is 4.13. The van der Waals surface area contributed by atoms with E-state index in [1.807, 2.05) is 6.07 Å². The zero-order valence-corrected chi connectivity index (χ0v) is 7.25. The van der Waals surface area contributed by atoms with Crippen molar-refractivity contribution in [3.8, 4) is 11.5 Å². The van der Waals surface area contributed by atoms with Gasteiger partial charge < -0.3 is 15.2 Å². The molecule has 2 rings (SSSR count). The molecular weight excluding hydrogens is 166 g/mol. The summed E-state index contributed by atoms with van der Waals surface area (Å²) in [6.45, 7) is 4.84. The smallest absolute Gasteiger partial charge is 0.163 e. The van der Waals surface area contributed by atoms with Gasteiger partial charge in [0.15, 0.2) is 11.5 Å². The number of nitrogens with two attached hydrogens (primary N) is 1. The lowest BCUT2D eigenvalue weighted by atomic mass is 10.1. The Kier molecular flexibility index (Phi) is 1.85. The zero-order chi connectivity index (χ0) is 9.26. The molecule has 68 valence electrons. The topological polar surface area (TPSA) is 44.5 Å². The van der Waals surface area contributed by atoms with Crippen LogP contribution in [-0.2, 0) is 0 Å². The van der Waals surface area contributed by atoms with E-state index in [0.29, 0.717) is 24.7 Å². The van der Waals surface area contributed by atoms with Crippen molar-refractivity contribution in [2.24, 2.45) is 0 Å². The van der Waals surface area contributed by atoms with Gasteiger partial charge in [0.05, 0.1) is 0 Å². The van der Waals surface area contributed by atoms with E-state index in [2.05, 4.69) is 6.58 Å². The van der Waals surface area contributed by atoms with Crippen molar-refractivity contribution in [2.45, 2.75) is 0 Å². The highest BCUT2D eigenvalue weighted by atomic mass is 16.6. The molecule has 3 nitrogen and oxygen atoms in total. The number of fused-ring (bicyclic) bond motifs is 1. The van der Waals surface area contributed by atoms with Gasteiger partial charge >= 0.3 is 0 Å². The number of ether oxygens (including phenoxy) is 2. The Labute approximate surface area is 76.8 Å². The number of rotatable bonds is 1. The molecule has 1 aromatic rings. The second-order valence-corrected chi connectivity index (χ2v) is 2.83. The summed E-state index contributed by atoms with van der Waals surface area (Å²) in [5, 5.41) is 0. The molecule has 0 radical (unpaired) electrons. The lowest BCUT2D eigenvalue weighted by molar-refractivity contribution is 0.171. The van der Waals surface area contributed by atoms with Crippen molar-refractivity contribution >= 4 is 11.8 Å². The molecule has 0 unspecified atom stereocenters. The molecular formula is C10H11NO2. The molecule has 0 fully saturated rings. The quantitative estimate of drug-likeness (QED) is 0.664. The average molecular weight is 177 g/mol. The van der Waals surface area contributed by atoms with E-state index in [1.54, 1.807) is 12.1 Å². The van der Waals surface area contributed by atoms with Crippen LogP contribution >= 0.6 is 0 Å². The summed E-state index contributed by atoms with van der Waals surface area (Å²) in [5.74, 6) is 1.46. The van der Waals surface area contributed by atoms with Crippen LogP contribution in [-0.4, -0.2) is 13.2 Å². The SMILES string of the molecule is C=Cc1cc2c(cc1N)OCCO2. The monoisotopic (exact) mass is 177 g/mol. The van der Waals surface area contributed by atoms with Crippen LogP contribution in [0.1, 0.15) is 5.56 Å². The largest absolute Gasteiger partial charge is 0.486 e. The van der Waals surface area contributed by atoms with Gasteiger partial charge in [0.25, 0.3) is 0 Å². The van der Waals surface area contributed by atoms with Crippen LogP contribution in [0.4, 0.5) is 5.69 Å². The Morgan fingerprint density at radius 3 is 2.46 bits per heavy atom. The van der Waals surface area contributed by atoms with Crippen molar-refractivity contribution in [1.82, 2.24) is 0 Å². The Bertz CT molecular complexity index is 347. The van der Waals surface area contributed by atoms with Gasteiger partial charge in [-0.3, -0.25) is 0 Å². The Hall–Kier alpha value is -1.64. The average Bonchev–Trinajstić information content (AvgIpc) is 2.17. The minimum Gasteiger partial charge on any atom is -0.486 e.